The van der Waals surface area contributed by atoms with Crippen LogP contribution >= 0.6 is 0 Å². The molecule has 0 aliphatic rings. The highest BCUT2D eigenvalue weighted by molar-refractivity contribution is 5.86. The maximum atomic E-state index is 13.1. The zero-order valence-corrected chi connectivity index (χ0v) is 14.2. The topological polar surface area (TPSA) is 20.3 Å². The van der Waals surface area contributed by atoms with Crippen LogP contribution in [0.3, 0.4) is 0 Å². The first-order chi connectivity index (χ1) is 10.4. The Morgan fingerprint density at radius 1 is 1.23 bits per heavy atom. The predicted octanol–water partition coefficient (Wildman–Crippen LogP) is 4.25. The highest BCUT2D eigenvalue weighted by Gasteiger charge is 2.29. The molecule has 0 saturated carbocycles. The summed E-state index contributed by atoms with van der Waals surface area (Å²) in [6, 6.07) is 6.54. The highest BCUT2D eigenvalue weighted by atomic mass is 19.1. The van der Waals surface area contributed by atoms with Gasteiger partial charge in [0.1, 0.15) is 5.82 Å². The third-order valence-electron chi connectivity index (χ3n) is 3.89. The van der Waals surface area contributed by atoms with E-state index in [4.69, 9.17) is 0 Å². The molecular weight excluding hydrogens is 277 g/mol. The second kappa shape index (κ2) is 8.84. The summed E-state index contributed by atoms with van der Waals surface area (Å²) in [4.78, 5) is 14.9. The van der Waals surface area contributed by atoms with Gasteiger partial charge in [-0.15, -0.1) is 6.58 Å². The van der Waals surface area contributed by atoms with Gasteiger partial charge < -0.3 is 0 Å². The fourth-order valence-corrected chi connectivity index (χ4v) is 2.62. The molecule has 0 amide bonds. The summed E-state index contributed by atoms with van der Waals surface area (Å²) in [5, 5.41) is 0. The molecule has 3 heteroatoms. The Morgan fingerprint density at radius 3 is 2.27 bits per heavy atom. The molecule has 0 fully saturated rings. The van der Waals surface area contributed by atoms with Gasteiger partial charge in [0.2, 0.25) is 0 Å². The fourth-order valence-electron chi connectivity index (χ4n) is 2.62. The number of benzene rings is 1. The minimum atomic E-state index is -0.247. The van der Waals surface area contributed by atoms with Crippen molar-refractivity contribution in [3.05, 3.63) is 48.3 Å². The molecule has 0 heterocycles. The lowest BCUT2D eigenvalue weighted by Crippen LogP contribution is -2.48. The summed E-state index contributed by atoms with van der Waals surface area (Å²) >= 11 is 0. The summed E-state index contributed by atoms with van der Waals surface area (Å²) in [6.45, 7) is 12.7. The van der Waals surface area contributed by atoms with Crippen molar-refractivity contribution in [3.8, 4) is 0 Å². The van der Waals surface area contributed by atoms with Gasteiger partial charge in [0, 0.05) is 18.5 Å². The van der Waals surface area contributed by atoms with Crippen molar-refractivity contribution in [2.45, 2.75) is 52.6 Å². The number of rotatable bonds is 9. The molecule has 0 N–H and O–H groups in total. The molecule has 2 nitrogen and oxygen atoms in total. The maximum absolute atomic E-state index is 13.1. The number of Topliss-reactive ketones (excluding diaryl/α,β-unsaturated/α-hetero) is 1. The van der Waals surface area contributed by atoms with E-state index in [9.17, 15) is 9.18 Å². The molecule has 0 aliphatic heterocycles. The molecule has 22 heavy (non-hydrogen) atoms. The molecular formula is C19H28FNO. The first-order valence-electron chi connectivity index (χ1n) is 8.01. The van der Waals surface area contributed by atoms with E-state index in [1.807, 2.05) is 19.9 Å². The highest BCUT2D eigenvalue weighted by Crippen LogP contribution is 2.18. The average Bonchev–Trinajstić information content (AvgIpc) is 2.47. The number of carbonyl (C=O) groups excluding carboxylic acids is 1. The Morgan fingerprint density at radius 2 is 1.82 bits per heavy atom. The molecule has 1 aromatic rings. The molecule has 0 saturated heterocycles. The van der Waals surface area contributed by atoms with Gasteiger partial charge in [0.05, 0.1) is 6.04 Å². The summed E-state index contributed by atoms with van der Waals surface area (Å²) in [5.41, 5.74) is 0.990. The van der Waals surface area contributed by atoms with Gasteiger partial charge in [-0.25, -0.2) is 4.39 Å². The van der Waals surface area contributed by atoms with Crippen LogP contribution in [0.4, 0.5) is 4.39 Å². The largest absolute Gasteiger partial charge is 0.298 e. The van der Waals surface area contributed by atoms with Crippen molar-refractivity contribution in [1.29, 1.82) is 0 Å². The molecule has 122 valence electrons. The zero-order chi connectivity index (χ0) is 16.7. The Balaban J connectivity index is 3.01. The van der Waals surface area contributed by atoms with Gasteiger partial charge in [-0.3, -0.25) is 9.69 Å². The maximum Gasteiger partial charge on any atom is 0.152 e. The Kier molecular flexibility index (Phi) is 7.46. The molecule has 0 aromatic heterocycles. The van der Waals surface area contributed by atoms with Crippen LogP contribution in [-0.2, 0) is 11.2 Å². The first kappa shape index (κ1) is 18.6. The Hall–Kier alpha value is -1.48. The molecule has 0 unspecified atom stereocenters. The van der Waals surface area contributed by atoms with E-state index in [2.05, 4.69) is 25.3 Å². The van der Waals surface area contributed by atoms with Crippen LogP contribution in [0.5, 0.6) is 0 Å². The van der Waals surface area contributed by atoms with Crippen LogP contribution in [0.1, 0.15) is 39.7 Å². The van der Waals surface area contributed by atoms with Crippen LogP contribution in [0.25, 0.3) is 0 Å². The smallest absolute Gasteiger partial charge is 0.152 e. The van der Waals surface area contributed by atoms with Gasteiger partial charge in [0.15, 0.2) is 5.78 Å². The lowest BCUT2D eigenvalue weighted by atomic mass is 9.93. The quantitative estimate of drug-likeness (QED) is 0.636. The van der Waals surface area contributed by atoms with Crippen LogP contribution in [0.2, 0.25) is 0 Å². The third-order valence-corrected chi connectivity index (χ3v) is 3.89. The van der Waals surface area contributed by atoms with E-state index in [1.165, 1.54) is 12.1 Å². The van der Waals surface area contributed by atoms with E-state index < -0.39 is 0 Å². The van der Waals surface area contributed by atoms with Crippen molar-refractivity contribution < 1.29 is 9.18 Å². The number of hydrogen-bond acceptors (Lipinski definition) is 2. The minimum absolute atomic E-state index is 0.0181. The normalized spacial score (nSPS) is 12.9. The van der Waals surface area contributed by atoms with Crippen molar-refractivity contribution in [3.63, 3.8) is 0 Å². The fraction of sp³-hybridized carbons (Fsp3) is 0.526. The number of halogens is 1. The van der Waals surface area contributed by atoms with E-state index in [-0.39, 0.29) is 29.6 Å². The van der Waals surface area contributed by atoms with Gasteiger partial charge >= 0.3 is 0 Å². The lowest BCUT2D eigenvalue weighted by molar-refractivity contribution is -0.128. The monoisotopic (exact) mass is 305 g/mol. The van der Waals surface area contributed by atoms with E-state index in [0.29, 0.717) is 6.42 Å². The van der Waals surface area contributed by atoms with Gasteiger partial charge in [0.25, 0.3) is 0 Å². The van der Waals surface area contributed by atoms with E-state index in [1.54, 1.807) is 12.1 Å². The number of carbonyl (C=O) groups is 1. The summed E-state index contributed by atoms with van der Waals surface area (Å²) in [5.74, 6) is -0.0274. The standard InChI is InChI=1S/C19H28FNO/c1-6-7-12-21(15(4)5)18(19(22)14(2)3)13-16-8-10-17(20)11-9-16/h6,8-11,14-15,18H,1,7,12-13H2,2-5H3/t18-/m0/s1. The van der Waals surface area contributed by atoms with Crippen molar-refractivity contribution >= 4 is 5.78 Å². The molecule has 1 atom stereocenters. The van der Waals surface area contributed by atoms with Gasteiger partial charge in [-0.2, -0.15) is 0 Å². The third kappa shape index (κ3) is 5.38. The van der Waals surface area contributed by atoms with Crippen LogP contribution < -0.4 is 0 Å². The number of hydrogen-bond donors (Lipinski definition) is 0. The lowest BCUT2D eigenvalue weighted by Gasteiger charge is -2.35. The van der Waals surface area contributed by atoms with Crippen LogP contribution in [0.15, 0.2) is 36.9 Å². The minimum Gasteiger partial charge on any atom is -0.298 e. The summed E-state index contributed by atoms with van der Waals surface area (Å²) in [7, 11) is 0. The summed E-state index contributed by atoms with van der Waals surface area (Å²) < 4.78 is 13.1. The SMILES string of the molecule is C=CCCN(C(C)C)[C@@H](Cc1ccc(F)cc1)C(=O)C(C)C. The molecule has 0 radical (unpaired) electrons. The second-order valence-electron chi connectivity index (χ2n) is 6.31. The number of ketones is 1. The molecule has 1 rings (SSSR count). The van der Waals surface area contributed by atoms with Crippen molar-refractivity contribution in [2.75, 3.05) is 6.54 Å². The van der Waals surface area contributed by atoms with Gasteiger partial charge in [-0.1, -0.05) is 32.1 Å². The average molecular weight is 305 g/mol. The Bertz CT molecular complexity index is 479. The predicted molar refractivity (Wildman–Crippen MR) is 90.4 cm³/mol. The molecule has 0 bridgehead atoms. The van der Waals surface area contributed by atoms with E-state index >= 15 is 0 Å². The van der Waals surface area contributed by atoms with E-state index in [0.717, 1.165) is 18.5 Å². The van der Waals surface area contributed by atoms with Gasteiger partial charge in [-0.05, 0) is 44.4 Å². The Labute approximate surface area is 134 Å². The molecule has 1 aromatic carbocycles. The van der Waals surface area contributed by atoms with Crippen molar-refractivity contribution in [1.82, 2.24) is 4.90 Å². The number of nitrogens with zero attached hydrogens (tertiary/aromatic N) is 1. The second-order valence-corrected chi connectivity index (χ2v) is 6.31. The van der Waals surface area contributed by atoms with Crippen LogP contribution in [-0.4, -0.2) is 29.3 Å². The first-order valence-corrected chi connectivity index (χ1v) is 8.01. The molecule has 0 spiro atoms. The zero-order valence-electron chi connectivity index (χ0n) is 14.2. The van der Waals surface area contributed by atoms with Crippen LogP contribution in [0, 0.1) is 11.7 Å². The van der Waals surface area contributed by atoms with Crippen molar-refractivity contribution in [2.24, 2.45) is 5.92 Å². The summed E-state index contributed by atoms with van der Waals surface area (Å²) in [6.07, 6.45) is 3.35. The molecule has 0 aliphatic carbocycles.